The predicted octanol–water partition coefficient (Wildman–Crippen LogP) is 1.96. The first kappa shape index (κ1) is 20.0. The van der Waals surface area contributed by atoms with Gasteiger partial charge in [-0.3, -0.25) is 9.59 Å². The molecule has 134 valence electrons. The Morgan fingerprint density at radius 1 is 1.29 bits per heavy atom. The van der Waals surface area contributed by atoms with Crippen LogP contribution < -0.4 is 16.4 Å². The lowest BCUT2D eigenvalue weighted by atomic mass is 9.88. The van der Waals surface area contributed by atoms with Gasteiger partial charge in [0.25, 0.3) is 5.91 Å². The van der Waals surface area contributed by atoms with Gasteiger partial charge in [-0.2, -0.15) is 0 Å². The molecule has 1 aromatic carbocycles. The standard InChI is InChI=1S/C17H25F2N3O2/c1-11(2)17(3,10-20)22-15(23)5-4-8-21-16(24)13-7-6-12(18)9-14(13)19/h6-7,9,11H,4-5,8,10,20H2,1-3H3,(H,21,24)(H,22,23). The Kier molecular flexibility index (Phi) is 7.28. The van der Waals surface area contributed by atoms with Crippen molar-refractivity contribution in [2.75, 3.05) is 13.1 Å². The fourth-order valence-electron chi connectivity index (χ4n) is 2.03. The van der Waals surface area contributed by atoms with E-state index in [1.165, 1.54) is 0 Å². The van der Waals surface area contributed by atoms with Crippen LogP contribution in [0.2, 0.25) is 0 Å². The highest BCUT2D eigenvalue weighted by molar-refractivity contribution is 5.94. The molecule has 0 fully saturated rings. The molecule has 0 aromatic heterocycles. The minimum atomic E-state index is -0.916. The van der Waals surface area contributed by atoms with Gasteiger partial charge in [0.1, 0.15) is 11.6 Å². The van der Waals surface area contributed by atoms with Crippen LogP contribution in [0, 0.1) is 17.6 Å². The summed E-state index contributed by atoms with van der Waals surface area (Å²) in [6.07, 6.45) is 0.619. The average Bonchev–Trinajstić information content (AvgIpc) is 2.51. The molecule has 0 bridgehead atoms. The van der Waals surface area contributed by atoms with Crippen LogP contribution in [0.15, 0.2) is 18.2 Å². The van der Waals surface area contributed by atoms with Gasteiger partial charge in [0.15, 0.2) is 0 Å². The van der Waals surface area contributed by atoms with Crippen LogP contribution in [0.25, 0.3) is 0 Å². The summed E-state index contributed by atoms with van der Waals surface area (Å²) < 4.78 is 26.3. The van der Waals surface area contributed by atoms with Gasteiger partial charge in [0, 0.05) is 25.6 Å². The number of nitrogens with two attached hydrogens (primary N) is 1. The van der Waals surface area contributed by atoms with E-state index in [0.717, 1.165) is 12.1 Å². The number of benzene rings is 1. The summed E-state index contributed by atoms with van der Waals surface area (Å²) in [5, 5.41) is 5.41. The van der Waals surface area contributed by atoms with Gasteiger partial charge in [-0.15, -0.1) is 0 Å². The molecule has 24 heavy (non-hydrogen) atoms. The smallest absolute Gasteiger partial charge is 0.254 e. The van der Waals surface area contributed by atoms with Crippen molar-refractivity contribution in [2.24, 2.45) is 11.7 Å². The van der Waals surface area contributed by atoms with E-state index < -0.39 is 23.1 Å². The molecule has 1 rings (SSSR count). The fraction of sp³-hybridized carbons (Fsp3) is 0.529. The first-order valence-electron chi connectivity index (χ1n) is 7.94. The molecule has 4 N–H and O–H groups in total. The van der Waals surface area contributed by atoms with Crippen LogP contribution in [0.5, 0.6) is 0 Å². The van der Waals surface area contributed by atoms with E-state index in [9.17, 15) is 18.4 Å². The number of halogens is 2. The Morgan fingerprint density at radius 2 is 1.96 bits per heavy atom. The lowest BCUT2D eigenvalue weighted by Gasteiger charge is -2.33. The molecule has 1 atom stereocenters. The van der Waals surface area contributed by atoms with Crippen molar-refractivity contribution in [3.63, 3.8) is 0 Å². The van der Waals surface area contributed by atoms with Gasteiger partial charge in [-0.05, 0) is 31.4 Å². The summed E-state index contributed by atoms with van der Waals surface area (Å²) in [5.41, 5.74) is 5.01. The Morgan fingerprint density at radius 3 is 2.50 bits per heavy atom. The van der Waals surface area contributed by atoms with E-state index in [0.29, 0.717) is 19.0 Å². The predicted molar refractivity (Wildman–Crippen MR) is 88.4 cm³/mol. The van der Waals surface area contributed by atoms with Gasteiger partial charge in [0.2, 0.25) is 5.91 Å². The van der Waals surface area contributed by atoms with Crippen LogP contribution in [-0.2, 0) is 4.79 Å². The molecule has 0 heterocycles. The number of rotatable bonds is 8. The van der Waals surface area contributed by atoms with E-state index >= 15 is 0 Å². The van der Waals surface area contributed by atoms with Crippen LogP contribution in [0.4, 0.5) is 8.78 Å². The van der Waals surface area contributed by atoms with E-state index in [2.05, 4.69) is 10.6 Å². The molecule has 0 saturated carbocycles. The Bertz CT molecular complexity index is 593. The Hall–Kier alpha value is -2.02. The summed E-state index contributed by atoms with van der Waals surface area (Å²) in [6.45, 7) is 6.38. The highest BCUT2D eigenvalue weighted by atomic mass is 19.1. The maximum absolute atomic E-state index is 13.5. The number of hydrogen-bond acceptors (Lipinski definition) is 3. The van der Waals surface area contributed by atoms with E-state index in [1.54, 1.807) is 0 Å². The van der Waals surface area contributed by atoms with Crippen LogP contribution in [0.1, 0.15) is 44.0 Å². The third-order valence-corrected chi connectivity index (χ3v) is 4.17. The maximum Gasteiger partial charge on any atom is 0.254 e. The normalized spacial score (nSPS) is 13.5. The van der Waals surface area contributed by atoms with Crippen molar-refractivity contribution in [3.05, 3.63) is 35.4 Å². The molecule has 0 radical (unpaired) electrons. The Balaban J connectivity index is 2.40. The number of hydrogen-bond donors (Lipinski definition) is 3. The molecule has 1 aromatic rings. The average molecular weight is 341 g/mol. The molecule has 5 nitrogen and oxygen atoms in total. The first-order valence-corrected chi connectivity index (χ1v) is 7.94. The van der Waals surface area contributed by atoms with Gasteiger partial charge >= 0.3 is 0 Å². The number of carbonyl (C=O) groups excluding carboxylic acids is 2. The van der Waals surface area contributed by atoms with Crippen molar-refractivity contribution >= 4 is 11.8 Å². The highest BCUT2D eigenvalue weighted by Crippen LogP contribution is 2.15. The molecule has 0 aliphatic rings. The summed E-state index contributed by atoms with van der Waals surface area (Å²) in [7, 11) is 0. The third kappa shape index (κ3) is 5.56. The second kappa shape index (κ2) is 8.73. The lowest BCUT2D eigenvalue weighted by molar-refractivity contribution is -0.123. The van der Waals surface area contributed by atoms with Crippen LogP contribution in [-0.4, -0.2) is 30.4 Å². The zero-order valence-corrected chi connectivity index (χ0v) is 14.3. The molecule has 1 unspecified atom stereocenters. The monoisotopic (exact) mass is 341 g/mol. The number of nitrogens with one attached hydrogen (secondary N) is 2. The summed E-state index contributed by atoms with van der Waals surface area (Å²) >= 11 is 0. The largest absolute Gasteiger partial charge is 0.352 e. The molecule has 0 aliphatic heterocycles. The number of amides is 2. The quantitative estimate of drug-likeness (QED) is 0.632. The van der Waals surface area contributed by atoms with Crippen LogP contribution >= 0.6 is 0 Å². The zero-order chi connectivity index (χ0) is 18.3. The second-order valence-corrected chi connectivity index (χ2v) is 6.31. The van der Waals surface area contributed by atoms with E-state index in [4.69, 9.17) is 5.73 Å². The minimum absolute atomic E-state index is 0.154. The van der Waals surface area contributed by atoms with Crippen molar-refractivity contribution in [3.8, 4) is 0 Å². The van der Waals surface area contributed by atoms with Crippen LogP contribution in [0.3, 0.4) is 0 Å². The molecule has 0 spiro atoms. The van der Waals surface area contributed by atoms with Crippen molar-refractivity contribution in [1.29, 1.82) is 0 Å². The highest BCUT2D eigenvalue weighted by Gasteiger charge is 2.28. The summed E-state index contributed by atoms with van der Waals surface area (Å²) in [4.78, 5) is 23.7. The van der Waals surface area contributed by atoms with Gasteiger partial charge in [-0.25, -0.2) is 8.78 Å². The fourth-order valence-corrected chi connectivity index (χ4v) is 2.03. The van der Waals surface area contributed by atoms with Crippen molar-refractivity contribution < 1.29 is 18.4 Å². The molecule has 0 saturated heterocycles. The van der Waals surface area contributed by atoms with Gasteiger partial charge in [-0.1, -0.05) is 13.8 Å². The van der Waals surface area contributed by atoms with Crippen molar-refractivity contribution in [1.82, 2.24) is 10.6 Å². The molecular weight excluding hydrogens is 316 g/mol. The van der Waals surface area contributed by atoms with E-state index in [1.807, 2.05) is 20.8 Å². The second-order valence-electron chi connectivity index (χ2n) is 6.31. The SMILES string of the molecule is CC(C)C(C)(CN)NC(=O)CCCNC(=O)c1ccc(F)cc1F. The summed E-state index contributed by atoms with van der Waals surface area (Å²) in [5.74, 6) is -2.26. The lowest BCUT2D eigenvalue weighted by Crippen LogP contribution is -2.55. The zero-order valence-electron chi connectivity index (χ0n) is 14.3. The maximum atomic E-state index is 13.5. The van der Waals surface area contributed by atoms with Crippen molar-refractivity contribution in [2.45, 2.75) is 39.2 Å². The molecule has 2 amide bonds. The first-order chi connectivity index (χ1) is 11.2. The molecule has 0 aliphatic carbocycles. The molecule has 7 heteroatoms. The topological polar surface area (TPSA) is 84.2 Å². The summed E-state index contributed by atoms with van der Waals surface area (Å²) in [6, 6.07) is 2.76. The minimum Gasteiger partial charge on any atom is -0.352 e. The van der Waals surface area contributed by atoms with Gasteiger partial charge < -0.3 is 16.4 Å². The number of carbonyl (C=O) groups is 2. The Labute approximate surface area is 141 Å². The third-order valence-electron chi connectivity index (χ3n) is 4.17. The molecular formula is C17H25F2N3O2. The van der Waals surface area contributed by atoms with Gasteiger partial charge in [0.05, 0.1) is 11.1 Å². The van der Waals surface area contributed by atoms with E-state index in [-0.39, 0.29) is 30.4 Å².